The molecule has 2 aromatic carbocycles. The van der Waals surface area contributed by atoms with Gasteiger partial charge in [0.05, 0.1) is 17.4 Å². The third kappa shape index (κ3) is 6.77. The number of sulfone groups is 1. The number of amides is 1. The first-order valence-electron chi connectivity index (χ1n) is 7.98. The summed E-state index contributed by atoms with van der Waals surface area (Å²) in [6.07, 6.45) is 1.59. The van der Waals surface area contributed by atoms with Gasteiger partial charge in [-0.15, -0.1) is 0 Å². The third-order valence-corrected chi connectivity index (χ3v) is 5.10. The summed E-state index contributed by atoms with van der Waals surface area (Å²) in [6, 6.07) is 18.2. The second-order valence-electron chi connectivity index (χ2n) is 5.78. The Morgan fingerprint density at radius 2 is 1.68 bits per heavy atom. The summed E-state index contributed by atoms with van der Waals surface area (Å²) in [5.74, 6) is -1.23. The van der Waals surface area contributed by atoms with E-state index in [0.29, 0.717) is 17.7 Å². The van der Waals surface area contributed by atoms with Gasteiger partial charge in [0, 0.05) is 6.54 Å². The van der Waals surface area contributed by atoms with Gasteiger partial charge < -0.3 is 5.32 Å². The van der Waals surface area contributed by atoms with E-state index in [-0.39, 0.29) is 5.75 Å². The fraction of sp³-hybridized carbons (Fsp3) is 0.263. The van der Waals surface area contributed by atoms with E-state index in [4.69, 9.17) is 5.26 Å². The summed E-state index contributed by atoms with van der Waals surface area (Å²) in [4.78, 5) is 11.8. The van der Waals surface area contributed by atoms with Crippen molar-refractivity contribution in [2.45, 2.75) is 18.6 Å². The summed E-state index contributed by atoms with van der Waals surface area (Å²) >= 11 is 0. The maximum atomic E-state index is 12.1. The van der Waals surface area contributed by atoms with E-state index in [1.165, 1.54) is 5.56 Å². The highest BCUT2D eigenvalue weighted by Gasteiger charge is 2.17. The highest BCUT2D eigenvalue weighted by Crippen LogP contribution is 2.08. The standard InChI is InChI=1S/C19H20N2O3S/c20-13-17-8-10-18(11-9-17)14-25(23,24)15-19(22)21-12-4-7-16-5-2-1-3-6-16/h1-3,5-6,8-11H,4,7,12,14-15H2,(H,21,22). The second-order valence-corrected chi connectivity index (χ2v) is 7.84. The summed E-state index contributed by atoms with van der Waals surface area (Å²) in [7, 11) is -3.54. The van der Waals surface area contributed by atoms with E-state index in [0.717, 1.165) is 12.8 Å². The van der Waals surface area contributed by atoms with Crippen molar-refractivity contribution >= 4 is 15.7 Å². The number of rotatable bonds is 8. The molecule has 0 heterocycles. The number of benzene rings is 2. The van der Waals surface area contributed by atoms with E-state index in [9.17, 15) is 13.2 Å². The van der Waals surface area contributed by atoms with Gasteiger partial charge in [0.25, 0.3) is 0 Å². The van der Waals surface area contributed by atoms with E-state index in [1.54, 1.807) is 24.3 Å². The maximum Gasteiger partial charge on any atom is 0.235 e. The SMILES string of the molecule is N#Cc1ccc(CS(=O)(=O)CC(=O)NCCCc2ccccc2)cc1. The van der Waals surface area contributed by atoms with Crippen LogP contribution in [-0.2, 0) is 26.8 Å². The largest absolute Gasteiger partial charge is 0.355 e. The average molecular weight is 356 g/mol. The topological polar surface area (TPSA) is 87.0 Å². The summed E-state index contributed by atoms with van der Waals surface area (Å²) in [6.45, 7) is 0.445. The lowest BCUT2D eigenvalue weighted by atomic mass is 10.1. The first-order valence-corrected chi connectivity index (χ1v) is 9.81. The molecule has 0 saturated carbocycles. The first-order chi connectivity index (χ1) is 12.0. The molecule has 0 aliphatic carbocycles. The molecule has 0 atom stereocenters. The first kappa shape index (κ1) is 18.7. The van der Waals surface area contributed by atoms with Crippen LogP contribution in [-0.4, -0.2) is 26.6 Å². The number of carbonyl (C=O) groups excluding carboxylic acids is 1. The van der Waals surface area contributed by atoms with Crippen LogP contribution < -0.4 is 5.32 Å². The van der Waals surface area contributed by atoms with Crippen LogP contribution in [0.4, 0.5) is 0 Å². The minimum Gasteiger partial charge on any atom is -0.355 e. The Morgan fingerprint density at radius 1 is 1.00 bits per heavy atom. The van der Waals surface area contributed by atoms with Gasteiger partial charge in [-0.3, -0.25) is 4.79 Å². The fourth-order valence-electron chi connectivity index (χ4n) is 2.40. The Labute approximate surface area is 148 Å². The zero-order valence-electron chi connectivity index (χ0n) is 13.8. The molecule has 1 N–H and O–H groups in total. The van der Waals surface area contributed by atoms with E-state index in [1.807, 2.05) is 36.4 Å². The van der Waals surface area contributed by atoms with Gasteiger partial charge in [-0.05, 0) is 36.1 Å². The molecule has 0 bridgehead atoms. The number of carbonyl (C=O) groups is 1. The molecule has 2 rings (SSSR count). The maximum absolute atomic E-state index is 12.1. The molecular formula is C19H20N2O3S. The molecule has 0 radical (unpaired) electrons. The lowest BCUT2D eigenvalue weighted by molar-refractivity contribution is -0.118. The summed E-state index contributed by atoms with van der Waals surface area (Å²) < 4.78 is 24.2. The van der Waals surface area contributed by atoms with Crippen molar-refractivity contribution in [3.8, 4) is 6.07 Å². The highest BCUT2D eigenvalue weighted by molar-refractivity contribution is 7.91. The zero-order valence-corrected chi connectivity index (χ0v) is 14.6. The molecule has 0 saturated heterocycles. The van der Waals surface area contributed by atoms with Crippen LogP contribution in [0.2, 0.25) is 0 Å². The number of hydrogen-bond donors (Lipinski definition) is 1. The van der Waals surface area contributed by atoms with Crippen LogP contribution in [0.3, 0.4) is 0 Å². The highest BCUT2D eigenvalue weighted by atomic mass is 32.2. The van der Waals surface area contributed by atoms with Crippen LogP contribution in [0.1, 0.15) is 23.1 Å². The molecule has 6 heteroatoms. The Balaban J connectivity index is 1.75. The van der Waals surface area contributed by atoms with Crippen LogP contribution >= 0.6 is 0 Å². The fourth-order valence-corrected chi connectivity index (χ4v) is 3.70. The van der Waals surface area contributed by atoms with Crippen molar-refractivity contribution in [2.75, 3.05) is 12.3 Å². The Morgan fingerprint density at radius 3 is 2.32 bits per heavy atom. The van der Waals surface area contributed by atoms with Gasteiger partial charge >= 0.3 is 0 Å². The number of nitrogens with one attached hydrogen (secondary N) is 1. The molecule has 5 nitrogen and oxygen atoms in total. The Bertz CT molecular complexity index is 838. The second kappa shape index (κ2) is 9.00. The van der Waals surface area contributed by atoms with Gasteiger partial charge in [0.15, 0.2) is 9.84 Å². The molecule has 0 fully saturated rings. The predicted octanol–water partition coefficient (Wildman–Crippen LogP) is 2.22. The van der Waals surface area contributed by atoms with Crippen molar-refractivity contribution in [1.29, 1.82) is 5.26 Å². The number of nitriles is 1. The van der Waals surface area contributed by atoms with Gasteiger partial charge in [0.2, 0.25) is 5.91 Å². The van der Waals surface area contributed by atoms with Crippen molar-refractivity contribution in [3.05, 3.63) is 71.3 Å². The van der Waals surface area contributed by atoms with Crippen LogP contribution in [0.25, 0.3) is 0 Å². The van der Waals surface area contributed by atoms with Crippen molar-refractivity contribution < 1.29 is 13.2 Å². The molecule has 0 aliphatic heterocycles. The lowest BCUT2D eigenvalue weighted by Gasteiger charge is -2.07. The molecule has 25 heavy (non-hydrogen) atoms. The quantitative estimate of drug-likeness (QED) is 0.735. The normalized spacial score (nSPS) is 10.8. The smallest absolute Gasteiger partial charge is 0.235 e. The Kier molecular flexibility index (Phi) is 6.72. The molecule has 0 aliphatic rings. The lowest BCUT2D eigenvalue weighted by Crippen LogP contribution is -2.31. The van der Waals surface area contributed by atoms with Crippen LogP contribution in [0.5, 0.6) is 0 Å². The molecule has 0 aromatic heterocycles. The van der Waals surface area contributed by atoms with Gasteiger partial charge in [0.1, 0.15) is 5.75 Å². The van der Waals surface area contributed by atoms with E-state index in [2.05, 4.69) is 5.32 Å². The monoisotopic (exact) mass is 356 g/mol. The van der Waals surface area contributed by atoms with E-state index >= 15 is 0 Å². The van der Waals surface area contributed by atoms with Crippen molar-refractivity contribution in [2.24, 2.45) is 0 Å². The Hall–Kier alpha value is -2.65. The number of hydrogen-bond acceptors (Lipinski definition) is 4. The molecule has 1 amide bonds. The zero-order chi connectivity index (χ0) is 18.1. The molecule has 130 valence electrons. The van der Waals surface area contributed by atoms with Crippen molar-refractivity contribution in [1.82, 2.24) is 5.32 Å². The van der Waals surface area contributed by atoms with Gasteiger partial charge in [-0.25, -0.2) is 8.42 Å². The molecular weight excluding hydrogens is 336 g/mol. The van der Waals surface area contributed by atoms with Gasteiger partial charge in [-0.2, -0.15) is 5.26 Å². The third-order valence-electron chi connectivity index (χ3n) is 3.63. The minimum atomic E-state index is -3.54. The minimum absolute atomic E-state index is 0.212. The predicted molar refractivity (Wildman–Crippen MR) is 96.4 cm³/mol. The summed E-state index contributed by atoms with van der Waals surface area (Å²) in [5.41, 5.74) is 2.22. The molecule has 0 unspecified atom stereocenters. The van der Waals surface area contributed by atoms with Crippen LogP contribution in [0.15, 0.2) is 54.6 Å². The average Bonchev–Trinajstić information content (AvgIpc) is 2.59. The number of nitrogens with zero attached hydrogens (tertiary/aromatic N) is 1. The summed E-state index contributed by atoms with van der Waals surface area (Å²) in [5, 5.41) is 11.4. The van der Waals surface area contributed by atoms with Crippen LogP contribution in [0, 0.1) is 11.3 Å². The number of aryl methyl sites for hydroxylation is 1. The molecule has 0 spiro atoms. The van der Waals surface area contributed by atoms with Crippen molar-refractivity contribution in [3.63, 3.8) is 0 Å². The van der Waals surface area contributed by atoms with E-state index < -0.39 is 21.5 Å². The van der Waals surface area contributed by atoms with Gasteiger partial charge in [-0.1, -0.05) is 42.5 Å². The molecule has 2 aromatic rings.